The van der Waals surface area contributed by atoms with Crippen LogP contribution < -0.4 is 0 Å². The lowest BCUT2D eigenvalue weighted by Crippen LogP contribution is -2.07. The summed E-state index contributed by atoms with van der Waals surface area (Å²) >= 11 is 1.96. The summed E-state index contributed by atoms with van der Waals surface area (Å²) in [7, 11) is 0. The van der Waals surface area contributed by atoms with Crippen molar-refractivity contribution < 1.29 is 0 Å². The Morgan fingerprint density at radius 3 is 1.93 bits per heavy atom. The smallest absolute Gasteiger partial charge is 0.00774 e. The van der Waals surface area contributed by atoms with Crippen molar-refractivity contribution in [3.05, 3.63) is 29.3 Å². The highest BCUT2D eigenvalue weighted by Crippen LogP contribution is 2.28. The van der Waals surface area contributed by atoms with E-state index in [2.05, 4.69) is 52.8 Å². The molecule has 0 unspecified atom stereocenters. The predicted molar refractivity (Wildman–Crippen MR) is 66.1 cm³/mol. The van der Waals surface area contributed by atoms with Gasteiger partial charge in [-0.2, -0.15) is 0 Å². The Morgan fingerprint density at radius 1 is 1.00 bits per heavy atom. The third-order valence-corrected chi connectivity index (χ3v) is 3.45. The molecule has 1 heteroatoms. The second-order valence-corrected chi connectivity index (χ2v) is 6.22. The Hall–Kier alpha value is -0.430. The van der Waals surface area contributed by atoms with Gasteiger partial charge in [-0.3, -0.25) is 0 Å². The van der Waals surface area contributed by atoms with E-state index in [1.807, 2.05) is 11.8 Å². The van der Waals surface area contributed by atoms with Gasteiger partial charge in [-0.05, 0) is 42.5 Å². The Bertz CT molecular complexity index is 287. The zero-order valence-electron chi connectivity index (χ0n) is 9.85. The summed E-state index contributed by atoms with van der Waals surface area (Å²) in [4.78, 5) is 1.40. The fourth-order valence-corrected chi connectivity index (χ4v) is 2.45. The van der Waals surface area contributed by atoms with Crippen LogP contribution in [0.15, 0.2) is 23.1 Å². The molecule has 1 aromatic rings. The average Bonchev–Trinajstić information content (AvgIpc) is 1.97. The average molecular weight is 208 g/mol. The Labute approximate surface area is 92.1 Å². The molecule has 14 heavy (non-hydrogen) atoms. The Kier molecular flexibility index (Phi) is 3.65. The summed E-state index contributed by atoms with van der Waals surface area (Å²) < 4.78 is 0. The van der Waals surface area contributed by atoms with Gasteiger partial charge in [-0.25, -0.2) is 0 Å². The van der Waals surface area contributed by atoms with Gasteiger partial charge in [0.05, 0.1) is 0 Å². The van der Waals surface area contributed by atoms with Gasteiger partial charge in [-0.1, -0.05) is 26.8 Å². The second-order valence-electron chi connectivity index (χ2n) is 5.17. The van der Waals surface area contributed by atoms with Crippen LogP contribution in [0.5, 0.6) is 0 Å². The molecule has 0 bridgehead atoms. The highest BCUT2D eigenvalue weighted by Gasteiger charge is 2.10. The van der Waals surface area contributed by atoms with Crippen LogP contribution in [-0.2, 0) is 0 Å². The molecule has 78 valence electrons. The first-order chi connectivity index (χ1) is 6.37. The van der Waals surface area contributed by atoms with E-state index in [0.717, 1.165) is 0 Å². The Morgan fingerprint density at radius 2 is 1.50 bits per heavy atom. The maximum absolute atomic E-state index is 2.28. The van der Waals surface area contributed by atoms with E-state index in [1.165, 1.54) is 21.8 Å². The normalized spacial score (nSPS) is 11.8. The zero-order valence-corrected chi connectivity index (χ0v) is 10.7. The number of rotatable bonds is 2. The molecule has 0 spiro atoms. The monoisotopic (exact) mass is 208 g/mol. The number of hydrogen-bond acceptors (Lipinski definition) is 1. The molecule has 0 aliphatic carbocycles. The van der Waals surface area contributed by atoms with Gasteiger partial charge in [0.2, 0.25) is 0 Å². The molecular weight excluding hydrogens is 188 g/mol. The summed E-state index contributed by atoms with van der Waals surface area (Å²) in [5.41, 5.74) is 3.13. The molecule has 1 rings (SSSR count). The molecule has 0 nitrogen and oxygen atoms in total. The standard InChI is InChI=1S/C13H20S/c1-10-6-11(2)8-12(7-10)14-9-13(3,4)5/h6-8H,9H2,1-5H3. The Balaban J connectivity index is 2.68. The van der Waals surface area contributed by atoms with Gasteiger partial charge in [0.25, 0.3) is 0 Å². The lowest BCUT2D eigenvalue weighted by Gasteiger charge is -2.17. The molecule has 0 saturated carbocycles. The third kappa shape index (κ3) is 4.19. The first-order valence-corrected chi connectivity index (χ1v) is 6.06. The lowest BCUT2D eigenvalue weighted by molar-refractivity contribution is 0.481. The summed E-state index contributed by atoms with van der Waals surface area (Å²) in [6.07, 6.45) is 0. The first-order valence-electron chi connectivity index (χ1n) is 5.08. The summed E-state index contributed by atoms with van der Waals surface area (Å²) in [6, 6.07) is 6.76. The van der Waals surface area contributed by atoms with Crippen molar-refractivity contribution in [2.45, 2.75) is 39.5 Å². The van der Waals surface area contributed by atoms with Crippen molar-refractivity contribution >= 4 is 11.8 Å². The maximum Gasteiger partial charge on any atom is 0.00774 e. The highest BCUT2D eigenvalue weighted by atomic mass is 32.2. The van der Waals surface area contributed by atoms with Crippen LogP contribution in [0.4, 0.5) is 0 Å². The van der Waals surface area contributed by atoms with Crippen LogP contribution in [0.1, 0.15) is 31.9 Å². The van der Waals surface area contributed by atoms with Crippen LogP contribution in [-0.4, -0.2) is 5.75 Å². The molecule has 0 saturated heterocycles. The van der Waals surface area contributed by atoms with E-state index in [-0.39, 0.29) is 0 Å². The van der Waals surface area contributed by atoms with Crippen molar-refractivity contribution in [3.8, 4) is 0 Å². The van der Waals surface area contributed by atoms with Gasteiger partial charge in [0.15, 0.2) is 0 Å². The van der Waals surface area contributed by atoms with E-state index < -0.39 is 0 Å². The van der Waals surface area contributed by atoms with Gasteiger partial charge in [0.1, 0.15) is 0 Å². The lowest BCUT2D eigenvalue weighted by atomic mass is 10.0. The van der Waals surface area contributed by atoms with E-state index in [0.29, 0.717) is 5.41 Å². The maximum atomic E-state index is 2.28. The molecule has 0 atom stereocenters. The van der Waals surface area contributed by atoms with Crippen LogP contribution in [0.25, 0.3) is 0 Å². The molecule has 0 radical (unpaired) electrons. The van der Waals surface area contributed by atoms with Gasteiger partial charge >= 0.3 is 0 Å². The fraction of sp³-hybridized carbons (Fsp3) is 0.538. The molecule has 0 amide bonds. The van der Waals surface area contributed by atoms with E-state index >= 15 is 0 Å². The van der Waals surface area contributed by atoms with E-state index in [1.54, 1.807) is 0 Å². The van der Waals surface area contributed by atoms with E-state index in [4.69, 9.17) is 0 Å². The van der Waals surface area contributed by atoms with Crippen LogP contribution in [0, 0.1) is 19.3 Å². The second kappa shape index (κ2) is 4.39. The molecule has 0 N–H and O–H groups in total. The zero-order chi connectivity index (χ0) is 10.8. The third-order valence-electron chi connectivity index (χ3n) is 1.87. The largest absolute Gasteiger partial charge is 0.126 e. The van der Waals surface area contributed by atoms with Gasteiger partial charge in [-0.15, -0.1) is 11.8 Å². The molecular formula is C13H20S. The molecule has 0 heterocycles. The van der Waals surface area contributed by atoms with E-state index in [9.17, 15) is 0 Å². The number of benzene rings is 1. The van der Waals surface area contributed by atoms with Crippen molar-refractivity contribution in [2.24, 2.45) is 5.41 Å². The molecule has 0 aromatic heterocycles. The number of hydrogen-bond donors (Lipinski definition) is 0. The van der Waals surface area contributed by atoms with Crippen molar-refractivity contribution in [1.82, 2.24) is 0 Å². The number of thioether (sulfide) groups is 1. The quantitative estimate of drug-likeness (QED) is 0.647. The van der Waals surface area contributed by atoms with Gasteiger partial charge < -0.3 is 0 Å². The van der Waals surface area contributed by atoms with Gasteiger partial charge in [0, 0.05) is 10.6 Å². The van der Waals surface area contributed by atoms with Crippen LogP contribution in [0.3, 0.4) is 0 Å². The number of aryl methyl sites for hydroxylation is 2. The SMILES string of the molecule is Cc1cc(C)cc(SCC(C)(C)C)c1. The predicted octanol–water partition coefficient (Wildman–Crippen LogP) is 4.44. The van der Waals surface area contributed by atoms with Crippen molar-refractivity contribution in [3.63, 3.8) is 0 Å². The van der Waals surface area contributed by atoms with Crippen molar-refractivity contribution in [1.29, 1.82) is 0 Å². The molecule has 0 aliphatic heterocycles. The van der Waals surface area contributed by atoms with Crippen LogP contribution >= 0.6 is 11.8 Å². The molecule has 0 aliphatic rings. The summed E-state index contributed by atoms with van der Waals surface area (Å²) in [6.45, 7) is 11.2. The molecule has 1 aromatic carbocycles. The van der Waals surface area contributed by atoms with Crippen molar-refractivity contribution in [2.75, 3.05) is 5.75 Å². The summed E-state index contributed by atoms with van der Waals surface area (Å²) in [5.74, 6) is 1.18. The van der Waals surface area contributed by atoms with Crippen LogP contribution in [0.2, 0.25) is 0 Å². The topological polar surface area (TPSA) is 0 Å². The minimum Gasteiger partial charge on any atom is -0.126 e. The summed E-state index contributed by atoms with van der Waals surface area (Å²) in [5, 5.41) is 0. The first kappa shape index (κ1) is 11.6. The molecule has 0 fully saturated rings. The minimum absolute atomic E-state index is 0.405. The fourth-order valence-electron chi connectivity index (χ4n) is 1.32. The highest BCUT2D eigenvalue weighted by molar-refractivity contribution is 7.99. The minimum atomic E-state index is 0.405.